The van der Waals surface area contributed by atoms with Crippen LogP contribution in [0.2, 0.25) is 0 Å². The van der Waals surface area contributed by atoms with E-state index in [4.69, 9.17) is 9.84 Å². The molecule has 0 aliphatic carbocycles. The molecule has 0 saturated heterocycles. The molecule has 0 fully saturated rings. The van der Waals surface area contributed by atoms with Gasteiger partial charge < -0.3 is 9.84 Å². The lowest BCUT2D eigenvalue weighted by Crippen LogP contribution is -2.32. The monoisotopic (exact) mass is 285 g/mol. The van der Waals surface area contributed by atoms with Crippen molar-refractivity contribution in [3.63, 3.8) is 0 Å². The van der Waals surface area contributed by atoms with E-state index < -0.39 is 22.5 Å². The summed E-state index contributed by atoms with van der Waals surface area (Å²) in [7, 11) is -2.53. The van der Waals surface area contributed by atoms with Gasteiger partial charge in [-0.05, 0) is 30.7 Å². The van der Waals surface area contributed by atoms with Crippen LogP contribution in [-0.4, -0.2) is 43.5 Å². The predicted octanol–water partition coefficient (Wildman–Crippen LogP) is 0.715. The molecule has 0 amide bonds. The van der Waals surface area contributed by atoms with Gasteiger partial charge in [0.05, 0.1) is 4.90 Å². The molecule has 0 spiro atoms. The summed E-state index contributed by atoms with van der Waals surface area (Å²) < 4.78 is 30.7. The van der Waals surface area contributed by atoms with E-state index >= 15 is 0 Å². The van der Waals surface area contributed by atoms with Crippen LogP contribution in [0.4, 0.5) is 0 Å². The zero-order valence-electron chi connectivity index (χ0n) is 10.7. The van der Waals surface area contributed by atoms with E-state index in [0.717, 1.165) is 9.87 Å². The second-order valence-corrected chi connectivity index (χ2v) is 6.60. The third kappa shape index (κ3) is 2.71. The molecule has 104 valence electrons. The largest absolute Gasteiger partial charge is 0.490 e. The first-order valence-electron chi connectivity index (χ1n) is 5.78. The van der Waals surface area contributed by atoms with Crippen LogP contribution in [-0.2, 0) is 21.2 Å². The Balaban J connectivity index is 2.32. The molecule has 0 radical (unpaired) electrons. The summed E-state index contributed by atoms with van der Waals surface area (Å²) in [6.45, 7) is 1.34. The fourth-order valence-corrected chi connectivity index (χ4v) is 3.19. The minimum absolute atomic E-state index is 0.0321. The van der Waals surface area contributed by atoms with Gasteiger partial charge in [0.2, 0.25) is 10.0 Å². The van der Waals surface area contributed by atoms with Crippen molar-refractivity contribution in [3.05, 3.63) is 23.8 Å². The van der Waals surface area contributed by atoms with Crippen LogP contribution in [0, 0.1) is 0 Å². The fourth-order valence-electron chi connectivity index (χ4n) is 2.01. The number of hydrogen-bond donors (Lipinski definition) is 1. The highest BCUT2D eigenvalue weighted by Gasteiger charge is 2.26. The van der Waals surface area contributed by atoms with Crippen molar-refractivity contribution < 1.29 is 23.1 Å². The van der Waals surface area contributed by atoms with E-state index in [1.807, 2.05) is 6.92 Å². The summed E-state index contributed by atoms with van der Waals surface area (Å²) >= 11 is 0. The molecule has 1 aromatic carbocycles. The Kier molecular flexibility index (Phi) is 3.51. The molecule has 0 bridgehead atoms. The van der Waals surface area contributed by atoms with Gasteiger partial charge in [0.25, 0.3) is 0 Å². The number of likely N-dealkylation sites (N-methyl/N-ethyl adjacent to an activating group) is 1. The minimum Gasteiger partial charge on any atom is -0.490 e. The molecule has 1 unspecified atom stereocenters. The second kappa shape index (κ2) is 4.82. The van der Waals surface area contributed by atoms with Crippen LogP contribution in [0.3, 0.4) is 0 Å². The molecule has 7 heteroatoms. The van der Waals surface area contributed by atoms with Crippen molar-refractivity contribution in [1.29, 1.82) is 0 Å². The molecule has 19 heavy (non-hydrogen) atoms. The van der Waals surface area contributed by atoms with Crippen LogP contribution < -0.4 is 4.74 Å². The number of ether oxygens (including phenoxy) is 1. The molecule has 1 N–H and O–H groups in total. The lowest BCUT2D eigenvalue weighted by Gasteiger charge is -2.15. The van der Waals surface area contributed by atoms with Crippen molar-refractivity contribution in [2.75, 3.05) is 13.6 Å². The summed E-state index contributed by atoms with van der Waals surface area (Å²) in [5.74, 6) is -0.503. The quantitative estimate of drug-likeness (QED) is 0.881. The molecular weight excluding hydrogens is 270 g/mol. The SMILES string of the molecule is CC1Cc2cc(S(=O)(=O)N(C)CC(=O)O)ccc2O1. The summed E-state index contributed by atoms with van der Waals surface area (Å²) in [5.41, 5.74) is 0.831. The second-order valence-electron chi connectivity index (χ2n) is 4.56. The first kappa shape index (κ1) is 13.8. The van der Waals surface area contributed by atoms with Crippen molar-refractivity contribution in [1.82, 2.24) is 4.31 Å². The van der Waals surface area contributed by atoms with E-state index in [1.54, 1.807) is 12.1 Å². The zero-order valence-corrected chi connectivity index (χ0v) is 11.5. The molecule has 1 aromatic rings. The standard InChI is InChI=1S/C12H15NO5S/c1-8-5-9-6-10(3-4-11(9)18-8)19(16,17)13(2)7-12(14)15/h3-4,6,8H,5,7H2,1-2H3,(H,14,15). The molecule has 6 nitrogen and oxygen atoms in total. The third-order valence-corrected chi connectivity index (χ3v) is 4.73. The van der Waals surface area contributed by atoms with Crippen molar-refractivity contribution in [2.45, 2.75) is 24.3 Å². The summed E-state index contributed by atoms with van der Waals surface area (Å²) in [6, 6.07) is 4.59. The van der Waals surface area contributed by atoms with Crippen molar-refractivity contribution in [2.24, 2.45) is 0 Å². The molecule has 0 aromatic heterocycles. The topological polar surface area (TPSA) is 83.9 Å². The molecular formula is C12H15NO5S. The smallest absolute Gasteiger partial charge is 0.318 e. The fraction of sp³-hybridized carbons (Fsp3) is 0.417. The number of aliphatic carboxylic acids is 1. The number of carbonyl (C=O) groups is 1. The van der Waals surface area contributed by atoms with Gasteiger partial charge >= 0.3 is 5.97 Å². The number of rotatable bonds is 4. The van der Waals surface area contributed by atoms with Crippen LogP contribution in [0.1, 0.15) is 12.5 Å². The maximum Gasteiger partial charge on any atom is 0.318 e. The maximum atomic E-state index is 12.2. The summed E-state index contributed by atoms with van der Waals surface area (Å²) in [4.78, 5) is 10.7. The highest BCUT2D eigenvalue weighted by atomic mass is 32.2. The molecule has 1 heterocycles. The molecule has 1 atom stereocenters. The molecule has 1 aliphatic heterocycles. The van der Waals surface area contributed by atoms with Gasteiger partial charge in [-0.2, -0.15) is 4.31 Å². The van der Waals surface area contributed by atoms with Crippen LogP contribution >= 0.6 is 0 Å². The summed E-state index contributed by atoms with van der Waals surface area (Å²) in [5, 5.41) is 8.66. The maximum absolute atomic E-state index is 12.2. The Morgan fingerprint density at radius 2 is 2.21 bits per heavy atom. The Hall–Kier alpha value is -1.60. The van der Waals surface area contributed by atoms with Crippen molar-refractivity contribution >= 4 is 16.0 Å². The number of benzene rings is 1. The van der Waals surface area contributed by atoms with Gasteiger partial charge in [-0.1, -0.05) is 0 Å². The Morgan fingerprint density at radius 3 is 2.84 bits per heavy atom. The first-order valence-corrected chi connectivity index (χ1v) is 7.22. The Bertz CT molecular complexity index is 611. The average molecular weight is 285 g/mol. The van der Waals surface area contributed by atoms with Crippen molar-refractivity contribution in [3.8, 4) is 5.75 Å². The van der Waals surface area contributed by atoms with Gasteiger partial charge in [-0.15, -0.1) is 0 Å². The third-order valence-electron chi connectivity index (χ3n) is 2.93. The summed E-state index contributed by atoms with van der Waals surface area (Å²) in [6.07, 6.45) is 0.686. The van der Waals surface area contributed by atoms with Gasteiger partial charge in [0, 0.05) is 13.5 Å². The van der Waals surface area contributed by atoms with Crippen LogP contribution in [0.5, 0.6) is 5.75 Å². The molecule has 1 aliphatic rings. The van der Waals surface area contributed by atoms with E-state index in [-0.39, 0.29) is 11.0 Å². The average Bonchev–Trinajstić information content (AvgIpc) is 2.66. The van der Waals surface area contributed by atoms with Crippen LogP contribution in [0.25, 0.3) is 0 Å². The van der Waals surface area contributed by atoms with Gasteiger partial charge in [-0.25, -0.2) is 8.42 Å². The van der Waals surface area contributed by atoms with Crippen LogP contribution in [0.15, 0.2) is 23.1 Å². The van der Waals surface area contributed by atoms with Gasteiger partial charge in [0.1, 0.15) is 18.4 Å². The minimum atomic E-state index is -3.78. The first-order chi connectivity index (χ1) is 8.80. The number of nitrogens with zero attached hydrogens (tertiary/aromatic N) is 1. The number of hydrogen-bond acceptors (Lipinski definition) is 4. The zero-order chi connectivity index (χ0) is 14.2. The number of carboxylic acid groups (broad SMARTS) is 1. The Morgan fingerprint density at radius 1 is 1.53 bits per heavy atom. The molecule has 2 rings (SSSR count). The van der Waals surface area contributed by atoms with Gasteiger partial charge in [0.15, 0.2) is 0 Å². The molecule has 0 saturated carbocycles. The highest BCUT2D eigenvalue weighted by molar-refractivity contribution is 7.89. The van der Waals surface area contributed by atoms with Gasteiger partial charge in [-0.3, -0.25) is 4.79 Å². The predicted molar refractivity (Wildman–Crippen MR) is 67.7 cm³/mol. The highest BCUT2D eigenvalue weighted by Crippen LogP contribution is 2.31. The lowest BCUT2D eigenvalue weighted by atomic mass is 10.1. The number of fused-ring (bicyclic) bond motifs is 1. The van der Waals surface area contributed by atoms with E-state index in [1.165, 1.54) is 13.1 Å². The van der Waals surface area contributed by atoms with E-state index in [0.29, 0.717) is 12.2 Å². The van der Waals surface area contributed by atoms with E-state index in [9.17, 15) is 13.2 Å². The normalized spacial score (nSPS) is 18.2. The lowest BCUT2D eigenvalue weighted by molar-refractivity contribution is -0.137. The number of sulfonamides is 1. The van der Waals surface area contributed by atoms with E-state index in [2.05, 4.69) is 0 Å². The number of carboxylic acids is 1. The Labute approximate surface area is 111 Å².